The molecule has 0 saturated heterocycles. The van der Waals surface area contributed by atoms with E-state index in [1.165, 1.54) is 12.1 Å². The second kappa shape index (κ2) is 9.08. The van der Waals surface area contributed by atoms with Crippen LogP contribution in [0, 0.1) is 17.7 Å². The summed E-state index contributed by atoms with van der Waals surface area (Å²) in [7, 11) is 0. The largest absolute Gasteiger partial charge is 0.480 e. The van der Waals surface area contributed by atoms with Gasteiger partial charge in [-0.25, -0.2) is 4.39 Å². The molecule has 6 heteroatoms. The van der Waals surface area contributed by atoms with Crippen molar-refractivity contribution in [2.45, 2.75) is 6.42 Å². The van der Waals surface area contributed by atoms with Gasteiger partial charge in [-0.1, -0.05) is 36.1 Å². The molecule has 0 radical (unpaired) electrons. The van der Waals surface area contributed by atoms with Crippen LogP contribution in [0.2, 0.25) is 0 Å². The quantitative estimate of drug-likeness (QED) is 0.785. The van der Waals surface area contributed by atoms with Crippen LogP contribution < -0.4 is 15.8 Å². The standard InChI is InChI=1S/C19H17FN2O3/c20-15-9-7-14(8-10-15)13-18(23)22-11-3-4-12-25-17-6-2-1-5-16(17)19(21)24/h1-2,5-10H,11-13H2,(H2,21,24)(H,22,23). The van der Waals surface area contributed by atoms with E-state index in [2.05, 4.69) is 17.2 Å². The number of primary amides is 1. The van der Waals surface area contributed by atoms with Gasteiger partial charge in [0.1, 0.15) is 18.2 Å². The number of halogens is 1. The second-order valence-electron chi connectivity index (χ2n) is 5.08. The van der Waals surface area contributed by atoms with Crippen molar-refractivity contribution < 1.29 is 18.7 Å². The highest BCUT2D eigenvalue weighted by atomic mass is 19.1. The van der Waals surface area contributed by atoms with Gasteiger partial charge >= 0.3 is 0 Å². The SMILES string of the molecule is NC(=O)c1ccccc1OCC#CCNC(=O)Cc1ccc(F)cc1. The van der Waals surface area contributed by atoms with E-state index in [1.807, 2.05) is 0 Å². The molecule has 0 aliphatic rings. The molecule has 0 aliphatic carbocycles. The first kappa shape index (κ1) is 18.0. The number of carbonyl (C=O) groups excluding carboxylic acids is 2. The minimum absolute atomic E-state index is 0.0676. The van der Waals surface area contributed by atoms with Crippen molar-refractivity contribution in [1.82, 2.24) is 5.32 Å². The lowest BCUT2D eigenvalue weighted by Gasteiger charge is -2.05. The Balaban J connectivity index is 1.73. The Morgan fingerprint density at radius 2 is 1.80 bits per heavy atom. The van der Waals surface area contributed by atoms with Crippen molar-refractivity contribution in [2.75, 3.05) is 13.2 Å². The third-order valence-electron chi connectivity index (χ3n) is 3.23. The number of benzene rings is 2. The highest BCUT2D eigenvalue weighted by Gasteiger charge is 2.07. The smallest absolute Gasteiger partial charge is 0.252 e. The second-order valence-corrected chi connectivity index (χ2v) is 5.08. The number of ether oxygens (including phenoxy) is 1. The Bertz CT molecular complexity index is 807. The Labute approximate surface area is 145 Å². The van der Waals surface area contributed by atoms with Crippen molar-refractivity contribution in [2.24, 2.45) is 5.73 Å². The minimum Gasteiger partial charge on any atom is -0.480 e. The van der Waals surface area contributed by atoms with Crippen LogP contribution in [0.15, 0.2) is 48.5 Å². The summed E-state index contributed by atoms with van der Waals surface area (Å²) in [4.78, 5) is 23.0. The number of nitrogens with one attached hydrogen (secondary N) is 1. The van der Waals surface area contributed by atoms with Crippen LogP contribution >= 0.6 is 0 Å². The predicted molar refractivity (Wildman–Crippen MR) is 91.3 cm³/mol. The maximum absolute atomic E-state index is 12.8. The summed E-state index contributed by atoms with van der Waals surface area (Å²) >= 11 is 0. The Morgan fingerprint density at radius 1 is 1.08 bits per heavy atom. The number of nitrogens with two attached hydrogens (primary N) is 1. The monoisotopic (exact) mass is 340 g/mol. The molecule has 128 valence electrons. The number of hydrogen-bond acceptors (Lipinski definition) is 3. The van der Waals surface area contributed by atoms with E-state index in [1.54, 1.807) is 36.4 Å². The molecule has 0 heterocycles. The topological polar surface area (TPSA) is 81.4 Å². The molecule has 0 bridgehead atoms. The molecule has 2 rings (SSSR count). The van der Waals surface area contributed by atoms with Gasteiger partial charge in [-0.15, -0.1) is 0 Å². The molecule has 2 aromatic carbocycles. The van der Waals surface area contributed by atoms with Crippen LogP contribution in [0.1, 0.15) is 15.9 Å². The van der Waals surface area contributed by atoms with Gasteiger partial charge in [-0.2, -0.15) is 0 Å². The van der Waals surface area contributed by atoms with Crippen LogP contribution in [-0.2, 0) is 11.2 Å². The number of hydrogen-bond donors (Lipinski definition) is 2. The molecule has 0 fully saturated rings. The lowest BCUT2D eigenvalue weighted by molar-refractivity contribution is -0.120. The summed E-state index contributed by atoms with van der Waals surface area (Å²) in [5, 5.41) is 2.64. The highest BCUT2D eigenvalue weighted by Crippen LogP contribution is 2.16. The van der Waals surface area contributed by atoms with E-state index in [9.17, 15) is 14.0 Å². The number of para-hydroxylation sites is 1. The molecule has 0 aromatic heterocycles. The van der Waals surface area contributed by atoms with E-state index in [-0.39, 0.29) is 36.9 Å². The van der Waals surface area contributed by atoms with E-state index in [0.29, 0.717) is 5.75 Å². The Hall–Kier alpha value is -3.33. The van der Waals surface area contributed by atoms with E-state index in [0.717, 1.165) is 5.56 Å². The van der Waals surface area contributed by atoms with Gasteiger partial charge < -0.3 is 15.8 Å². The molecule has 0 unspecified atom stereocenters. The third kappa shape index (κ3) is 5.99. The van der Waals surface area contributed by atoms with E-state index < -0.39 is 5.91 Å². The number of carbonyl (C=O) groups is 2. The molecule has 2 amide bonds. The van der Waals surface area contributed by atoms with Gasteiger partial charge in [-0.3, -0.25) is 9.59 Å². The summed E-state index contributed by atoms with van der Waals surface area (Å²) < 4.78 is 18.2. The molecule has 0 spiro atoms. The molecule has 0 atom stereocenters. The number of rotatable bonds is 6. The molecule has 3 N–H and O–H groups in total. The van der Waals surface area contributed by atoms with Crippen LogP contribution in [0.3, 0.4) is 0 Å². The summed E-state index contributed by atoms with van der Waals surface area (Å²) in [5.74, 6) is 4.73. The maximum atomic E-state index is 12.8. The fraction of sp³-hybridized carbons (Fsp3) is 0.158. The van der Waals surface area contributed by atoms with Gasteiger partial charge in [0.05, 0.1) is 18.5 Å². The lowest BCUT2D eigenvalue weighted by atomic mass is 10.1. The van der Waals surface area contributed by atoms with E-state index >= 15 is 0 Å². The third-order valence-corrected chi connectivity index (χ3v) is 3.23. The highest BCUT2D eigenvalue weighted by molar-refractivity contribution is 5.95. The first-order valence-electron chi connectivity index (χ1n) is 7.55. The zero-order valence-corrected chi connectivity index (χ0v) is 13.4. The van der Waals surface area contributed by atoms with Crippen LogP contribution in [0.25, 0.3) is 0 Å². The zero-order chi connectivity index (χ0) is 18.1. The predicted octanol–water partition coefficient (Wildman–Crippen LogP) is 1.67. The fourth-order valence-electron chi connectivity index (χ4n) is 2.02. The van der Waals surface area contributed by atoms with Gasteiger partial charge in [0.2, 0.25) is 5.91 Å². The average molecular weight is 340 g/mol. The van der Waals surface area contributed by atoms with Gasteiger partial charge in [0.15, 0.2) is 0 Å². The first-order valence-corrected chi connectivity index (χ1v) is 7.55. The van der Waals surface area contributed by atoms with Crippen molar-refractivity contribution in [3.05, 3.63) is 65.5 Å². The summed E-state index contributed by atoms with van der Waals surface area (Å²) in [6, 6.07) is 12.4. The van der Waals surface area contributed by atoms with Crippen LogP contribution in [0.5, 0.6) is 5.75 Å². The van der Waals surface area contributed by atoms with Crippen LogP contribution in [-0.4, -0.2) is 25.0 Å². The Kier molecular flexibility index (Phi) is 6.55. The maximum Gasteiger partial charge on any atom is 0.252 e. The molecular formula is C19H17FN2O3. The Morgan fingerprint density at radius 3 is 2.52 bits per heavy atom. The molecule has 0 saturated carbocycles. The van der Waals surface area contributed by atoms with E-state index in [4.69, 9.17) is 10.5 Å². The van der Waals surface area contributed by atoms with Crippen molar-refractivity contribution >= 4 is 11.8 Å². The molecule has 2 aromatic rings. The molecule has 5 nitrogen and oxygen atoms in total. The van der Waals surface area contributed by atoms with Crippen molar-refractivity contribution in [3.8, 4) is 17.6 Å². The summed E-state index contributed by atoms with van der Waals surface area (Å²) in [6.45, 7) is 0.235. The normalized spacial score (nSPS) is 9.64. The van der Waals surface area contributed by atoms with Crippen molar-refractivity contribution in [1.29, 1.82) is 0 Å². The van der Waals surface area contributed by atoms with Crippen LogP contribution in [0.4, 0.5) is 4.39 Å². The first-order chi connectivity index (χ1) is 12.1. The summed E-state index contributed by atoms with van der Waals surface area (Å²) in [5.41, 5.74) is 6.26. The molecular weight excluding hydrogens is 323 g/mol. The molecule has 25 heavy (non-hydrogen) atoms. The van der Waals surface area contributed by atoms with Gasteiger partial charge in [-0.05, 0) is 29.8 Å². The van der Waals surface area contributed by atoms with Gasteiger partial charge in [0, 0.05) is 0 Å². The van der Waals surface area contributed by atoms with Crippen molar-refractivity contribution in [3.63, 3.8) is 0 Å². The minimum atomic E-state index is -0.573. The lowest BCUT2D eigenvalue weighted by Crippen LogP contribution is -2.25. The molecule has 0 aliphatic heterocycles. The fourth-order valence-corrected chi connectivity index (χ4v) is 2.02. The number of amides is 2. The van der Waals surface area contributed by atoms with Gasteiger partial charge in [0.25, 0.3) is 5.91 Å². The summed E-state index contributed by atoms with van der Waals surface area (Å²) in [6.07, 6.45) is 0.157. The average Bonchev–Trinajstić information content (AvgIpc) is 2.60. The zero-order valence-electron chi connectivity index (χ0n) is 13.4.